The van der Waals surface area contributed by atoms with Crippen molar-refractivity contribution in [2.45, 2.75) is 32.9 Å². The molecule has 1 aliphatic rings. The molecule has 2 N–H and O–H groups in total. The lowest BCUT2D eigenvalue weighted by Gasteiger charge is -2.25. The lowest BCUT2D eigenvalue weighted by atomic mass is 9.98. The van der Waals surface area contributed by atoms with Crippen LogP contribution in [-0.2, 0) is 16.1 Å². The topological polar surface area (TPSA) is 88.5 Å². The number of amides is 3. The van der Waals surface area contributed by atoms with Gasteiger partial charge in [0.1, 0.15) is 6.04 Å². The molecule has 0 radical (unpaired) electrons. The third-order valence-electron chi connectivity index (χ3n) is 5.05. The third kappa shape index (κ3) is 3.90. The number of para-hydroxylation sites is 2. The Morgan fingerprint density at radius 1 is 1.30 bits per heavy atom. The summed E-state index contributed by atoms with van der Waals surface area (Å²) >= 11 is 0. The minimum absolute atomic E-state index is 0.0120. The number of carbonyl (C=O) groups is 2. The number of benzene rings is 1. The summed E-state index contributed by atoms with van der Waals surface area (Å²) in [6.07, 6.45) is 0.779. The van der Waals surface area contributed by atoms with Gasteiger partial charge in [-0.2, -0.15) is 0 Å². The number of hydrogen-bond acceptors (Lipinski definition) is 4. The van der Waals surface area contributed by atoms with Gasteiger partial charge in [0.15, 0.2) is 0 Å². The van der Waals surface area contributed by atoms with Gasteiger partial charge >= 0.3 is 6.03 Å². The quantitative estimate of drug-likeness (QED) is 0.724. The van der Waals surface area contributed by atoms with Crippen molar-refractivity contribution in [2.75, 3.05) is 31.7 Å². The zero-order valence-electron chi connectivity index (χ0n) is 16.1. The highest BCUT2D eigenvalue weighted by molar-refractivity contribution is 5.96. The van der Waals surface area contributed by atoms with Crippen molar-refractivity contribution in [3.8, 4) is 0 Å². The number of hydrogen-bond donors (Lipinski definition) is 2. The highest BCUT2D eigenvalue weighted by atomic mass is 16.5. The number of aromatic nitrogens is 2. The van der Waals surface area contributed by atoms with Crippen LogP contribution in [0.25, 0.3) is 11.0 Å². The number of nitrogens with zero attached hydrogens (tertiary/aromatic N) is 3. The predicted octanol–water partition coefficient (Wildman–Crippen LogP) is 1.74. The molecule has 0 aliphatic carbocycles. The molecule has 0 saturated heterocycles. The summed E-state index contributed by atoms with van der Waals surface area (Å²) < 4.78 is 7.00. The van der Waals surface area contributed by atoms with Crippen LogP contribution in [0, 0.1) is 5.92 Å². The van der Waals surface area contributed by atoms with Gasteiger partial charge in [-0.25, -0.2) is 9.78 Å². The minimum Gasteiger partial charge on any atom is -0.383 e. The molecule has 3 rings (SSSR count). The smallest absolute Gasteiger partial charge is 0.324 e. The molecule has 146 valence electrons. The maximum absolute atomic E-state index is 12.9. The number of imidazole rings is 1. The first-order valence-electron chi connectivity index (χ1n) is 9.36. The second kappa shape index (κ2) is 8.39. The van der Waals surface area contributed by atoms with Crippen LogP contribution < -0.4 is 15.5 Å². The van der Waals surface area contributed by atoms with E-state index in [0.29, 0.717) is 32.2 Å². The van der Waals surface area contributed by atoms with E-state index in [1.165, 1.54) is 0 Å². The molecule has 1 aliphatic heterocycles. The summed E-state index contributed by atoms with van der Waals surface area (Å²) in [4.78, 5) is 31.6. The number of fused-ring (bicyclic) bond motifs is 3. The van der Waals surface area contributed by atoms with E-state index in [1.807, 2.05) is 42.7 Å². The molecule has 0 bridgehead atoms. The standard InChI is InChI=1S/C19H27N5O3/c1-4-13(2)16(17(25)20-9-12-27-3)22-19(26)24-11-10-23-15-8-6-5-7-14(15)21-18(23)24/h5-8,13,16H,4,9-12H2,1-3H3,(H,20,25)(H,22,26). The monoisotopic (exact) mass is 373 g/mol. The summed E-state index contributed by atoms with van der Waals surface area (Å²) in [5, 5.41) is 5.72. The van der Waals surface area contributed by atoms with Crippen LogP contribution in [-0.4, -0.2) is 54.3 Å². The van der Waals surface area contributed by atoms with Crippen LogP contribution in [0.5, 0.6) is 0 Å². The maximum atomic E-state index is 12.9. The molecule has 1 aromatic heterocycles. The average Bonchev–Trinajstić information content (AvgIpc) is 3.24. The molecule has 2 aromatic rings. The van der Waals surface area contributed by atoms with Crippen LogP contribution in [0.2, 0.25) is 0 Å². The SMILES string of the molecule is CCC(C)C(NC(=O)N1CCn2c1nc1ccccc12)C(=O)NCCOC. The largest absolute Gasteiger partial charge is 0.383 e. The number of anilines is 1. The van der Waals surface area contributed by atoms with E-state index < -0.39 is 6.04 Å². The van der Waals surface area contributed by atoms with Gasteiger partial charge in [-0.15, -0.1) is 0 Å². The number of urea groups is 1. The first-order valence-corrected chi connectivity index (χ1v) is 9.36. The fraction of sp³-hybridized carbons (Fsp3) is 0.526. The van der Waals surface area contributed by atoms with Gasteiger partial charge in [0.2, 0.25) is 11.9 Å². The molecule has 2 heterocycles. The summed E-state index contributed by atoms with van der Waals surface area (Å²) in [5.41, 5.74) is 1.87. The van der Waals surface area contributed by atoms with E-state index in [9.17, 15) is 9.59 Å². The lowest BCUT2D eigenvalue weighted by molar-refractivity contribution is -0.124. The van der Waals surface area contributed by atoms with Crippen molar-refractivity contribution in [2.24, 2.45) is 5.92 Å². The first-order chi connectivity index (χ1) is 13.1. The van der Waals surface area contributed by atoms with Crippen molar-refractivity contribution in [1.29, 1.82) is 0 Å². The Balaban J connectivity index is 1.74. The Hall–Kier alpha value is -2.61. The molecule has 0 fully saturated rings. The summed E-state index contributed by atoms with van der Waals surface area (Å²) in [5.74, 6) is 0.441. The van der Waals surface area contributed by atoms with Crippen molar-refractivity contribution >= 4 is 28.9 Å². The van der Waals surface area contributed by atoms with Crippen LogP contribution >= 0.6 is 0 Å². The Bertz CT molecular complexity index is 819. The zero-order chi connectivity index (χ0) is 19.4. The van der Waals surface area contributed by atoms with Crippen LogP contribution in [0.15, 0.2) is 24.3 Å². The highest BCUT2D eigenvalue weighted by Gasteiger charge is 2.32. The third-order valence-corrected chi connectivity index (χ3v) is 5.05. The van der Waals surface area contributed by atoms with Crippen molar-refractivity contribution in [3.63, 3.8) is 0 Å². The van der Waals surface area contributed by atoms with Crippen LogP contribution in [0.3, 0.4) is 0 Å². The molecule has 0 saturated carbocycles. The number of methoxy groups -OCH3 is 1. The van der Waals surface area contributed by atoms with Gasteiger partial charge in [-0.3, -0.25) is 9.69 Å². The number of nitrogens with one attached hydrogen (secondary N) is 2. The zero-order valence-corrected chi connectivity index (χ0v) is 16.1. The molecule has 2 unspecified atom stereocenters. The Morgan fingerprint density at radius 2 is 2.07 bits per heavy atom. The maximum Gasteiger partial charge on any atom is 0.324 e. The van der Waals surface area contributed by atoms with E-state index in [2.05, 4.69) is 15.6 Å². The van der Waals surface area contributed by atoms with E-state index in [0.717, 1.165) is 17.5 Å². The van der Waals surface area contributed by atoms with Gasteiger partial charge in [-0.05, 0) is 18.1 Å². The molecular weight excluding hydrogens is 346 g/mol. The predicted molar refractivity (Wildman–Crippen MR) is 104 cm³/mol. The minimum atomic E-state index is -0.599. The van der Waals surface area contributed by atoms with Crippen molar-refractivity contribution in [1.82, 2.24) is 20.2 Å². The second-order valence-corrected chi connectivity index (χ2v) is 6.80. The number of rotatable bonds is 7. The molecule has 2 atom stereocenters. The summed E-state index contributed by atoms with van der Waals surface area (Å²) in [6.45, 7) is 6.04. The Morgan fingerprint density at radius 3 is 2.81 bits per heavy atom. The van der Waals surface area contributed by atoms with Gasteiger partial charge < -0.3 is 19.9 Å². The fourth-order valence-electron chi connectivity index (χ4n) is 3.28. The second-order valence-electron chi connectivity index (χ2n) is 6.80. The van der Waals surface area contributed by atoms with E-state index in [-0.39, 0.29) is 17.9 Å². The molecule has 8 heteroatoms. The number of ether oxygens (including phenoxy) is 1. The lowest BCUT2D eigenvalue weighted by Crippen LogP contribution is -2.54. The van der Waals surface area contributed by atoms with E-state index in [1.54, 1.807) is 12.0 Å². The van der Waals surface area contributed by atoms with Gasteiger partial charge in [-0.1, -0.05) is 32.4 Å². The summed E-state index contributed by atoms with van der Waals surface area (Å²) in [7, 11) is 1.58. The first kappa shape index (κ1) is 19.2. The number of carbonyl (C=O) groups excluding carboxylic acids is 2. The van der Waals surface area contributed by atoms with Crippen LogP contribution in [0.1, 0.15) is 20.3 Å². The normalized spacial score (nSPS) is 15.4. The highest BCUT2D eigenvalue weighted by Crippen LogP contribution is 2.27. The molecule has 3 amide bonds. The average molecular weight is 373 g/mol. The van der Waals surface area contributed by atoms with Crippen molar-refractivity contribution in [3.05, 3.63) is 24.3 Å². The molecular formula is C19H27N5O3. The van der Waals surface area contributed by atoms with E-state index in [4.69, 9.17) is 4.74 Å². The fourth-order valence-corrected chi connectivity index (χ4v) is 3.28. The van der Waals surface area contributed by atoms with Crippen LogP contribution in [0.4, 0.5) is 10.7 Å². The van der Waals surface area contributed by atoms with E-state index >= 15 is 0 Å². The summed E-state index contributed by atoms with van der Waals surface area (Å²) in [6, 6.07) is 6.93. The van der Waals surface area contributed by atoms with Crippen molar-refractivity contribution < 1.29 is 14.3 Å². The molecule has 0 spiro atoms. The Kier molecular flexibility index (Phi) is 5.95. The molecule has 8 nitrogen and oxygen atoms in total. The Labute approximate surface area is 158 Å². The molecule has 1 aromatic carbocycles. The van der Waals surface area contributed by atoms with Gasteiger partial charge in [0.05, 0.1) is 17.6 Å². The molecule has 27 heavy (non-hydrogen) atoms. The van der Waals surface area contributed by atoms with Gasteiger partial charge in [0, 0.05) is 26.7 Å². The van der Waals surface area contributed by atoms with Gasteiger partial charge in [0.25, 0.3) is 0 Å².